The Kier molecular flexibility index (Phi) is 2.67. The van der Waals surface area contributed by atoms with Crippen molar-refractivity contribution in [2.24, 2.45) is 5.92 Å². The Hall–Kier alpha value is -2.02. The molecule has 2 heterocycles. The molecule has 2 aromatic rings. The maximum absolute atomic E-state index is 11.5. The molecule has 1 aliphatic carbocycles. The van der Waals surface area contributed by atoms with Crippen LogP contribution in [0.3, 0.4) is 0 Å². The summed E-state index contributed by atoms with van der Waals surface area (Å²) in [4.78, 5) is 18.1. The highest BCUT2D eigenvalue weighted by atomic mass is 16.3. The van der Waals surface area contributed by atoms with Crippen LogP contribution in [0, 0.1) is 5.92 Å². The van der Waals surface area contributed by atoms with E-state index >= 15 is 0 Å². The van der Waals surface area contributed by atoms with Crippen LogP contribution in [0.4, 0.5) is 0 Å². The van der Waals surface area contributed by atoms with Gasteiger partial charge in [-0.3, -0.25) is 4.79 Å². The van der Waals surface area contributed by atoms with Crippen molar-refractivity contribution in [1.29, 1.82) is 0 Å². The number of allylic oxidation sites excluding steroid dienone is 2. The van der Waals surface area contributed by atoms with Crippen molar-refractivity contribution in [2.45, 2.75) is 18.9 Å². The second-order valence-corrected chi connectivity index (χ2v) is 4.45. The van der Waals surface area contributed by atoms with Crippen molar-refractivity contribution in [3.8, 4) is 0 Å². The number of aromatic nitrogens is 5. The number of aliphatic hydroxyl groups is 1. The zero-order valence-corrected chi connectivity index (χ0v) is 9.65. The van der Waals surface area contributed by atoms with Crippen LogP contribution in [-0.4, -0.2) is 36.7 Å². The lowest BCUT2D eigenvalue weighted by Crippen LogP contribution is -2.19. The Bertz CT molecular complexity index is 644. The first-order chi connectivity index (χ1) is 8.79. The molecule has 0 spiro atoms. The van der Waals surface area contributed by atoms with Crippen molar-refractivity contribution in [2.75, 3.05) is 6.61 Å². The molecule has 0 aliphatic heterocycles. The third-order valence-electron chi connectivity index (χ3n) is 3.24. The molecule has 2 aromatic heterocycles. The van der Waals surface area contributed by atoms with Crippen LogP contribution in [0.5, 0.6) is 0 Å². The molecular formula is C11H13N5O2. The lowest BCUT2D eigenvalue weighted by Gasteiger charge is -2.22. The molecule has 2 N–H and O–H groups in total. The fourth-order valence-corrected chi connectivity index (χ4v) is 2.27. The summed E-state index contributed by atoms with van der Waals surface area (Å²) in [7, 11) is 0. The van der Waals surface area contributed by atoms with E-state index in [4.69, 9.17) is 0 Å². The molecule has 94 valence electrons. The normalized spacial score (nSPS) is 23.6. The van der Waals surface area contributed by atoms with E-state index in [0.29, 0.717) is 5.65 Å². The third-order valence-corrected chi connectivity index (χ3v) is 3.24. The van der Waals surface area contributed by atoms with E-state index in [9.17, 15) is 9.90 Å². The second kappa shape index (κ2) is 4.34. The zero-order chi connectivity index (χ0) is 12.5. The van der Waals surface area contributed by atoms with Gasteiger partial charge in [0, 0.05) is 6.61 Å². The van der Waals surface area contributed by atoms with Crippen LogP contribution in [-0.2, 0) is 0 Å². The molecule has 0 aromatic carbocycles. The molecule has 7 nitrogen and oxygen atoms in total. The number of nitrogens with zero attached hydrogens (tertiary/aromatic N) is 4. The van der Waals surface area contributed by atoms with Gasteiger partial charge in [0.15, 0.2) is 11.2 Å². The Morgan fingerprint density at radius 1 is 1.56 bits per heavy atom. The lowest BCUT2D eigenvalue weighted by atomic mass is 9.92. The van der Waals surface area contributed by atoms with E-state index < -0.39 is 0 Å². The molecule has 0 fully saturated rings. The van der Waals surface area contributed by atoms with Crippen molar-refractivity contribution >= 4 is 11.2 Å². The zero-order valence-electron chi connectivity index (χ0n) is 9.65. The largest absolute Gasteiger partial charge is 0.396 e. The summed E-state index contributed by atoms with van der Waals surface area (Å²) < 4.78 is 1.64. The van der Waals surface area contributed by atoms with E-state index in [1.807, 2.05) is 12.2 Å². The number of H-pyrrole nitrogens is 1. The molecule has 2 unspecified atom stereocenters. The molecular weight excluding hydrogens is 234 g/mol. The van der Waals surface area contributed by atoms with Crippen molar-refractivity contribution < 1.29 is 5.11 Å². The fourth-order valence-electron chi connectivity index (χ4n) is 2.27. The first-order valence-electron chi connectivity index (χ1n) is 5.85. The van der Waals surface area contributed by atoms with Crippen LogP contribution in [0.15, 0.2) is 23.3 Å². The van der Waals surface area contributed by atoms with Crippen molar-refractivity contribution in [3.05, 3.63) is 28.8 Å². The quantitative estimate of drug-likeness (QED) is 0.729. The minimum absolute atomic E-state index is 0.00444. The number of hydrogen-bond donors (Lipinski definition) is 2. The van der Waals surface area contributed by atoms with Gasteiger partial charge in [0.2, 0.25) is 0 Å². The highest BCUT2D eigenvalue weighted by Crippen LogP contribution is 2.27. The Morgan fingerprint density at radius 2 is 2.44 bits per heavy atom. The molecule has 3 rings (SSSR count). The summed E-state index contributed by atoms with van der Waals surface area (Å²) in [5, 5.41) is 17.1. The van der Waals surface area contributed by atoms with E-state index in [-0.39, 0.29) is 29.6 Å². The third kappa shape index (κ3) is 1.72. The number of rotatable bonds is 2. The maximum atomic E-state index is 11.5. The summed E-state index contributed by atoms with van der Waals surface area (Å²) in [6.07, 6.45) is 7.03. The monoisotopic (exact) mass is 247 g/mol. The first-order valence-corrected chi connectivity index (χ1v) is 5.85. The average Bonchev–Trinajstić information content (AvgIpc) is 2.84. The summed E-state index contributed by atoms with van der Waals surface area (Å²) in [5.41, 5.74) is 0.439. The highest BCUT2D eigenvalue weighted by molar-refractivity contribution is 5.67. The summed E-state index contributed by atoms with van der Waals surface area (Å²) in [5.74, 6) is 0.223. The SMILES string of the molecule is O=c1[nH]cnc2c1nnn2C1C=CCC(CO)C1. The van der Waals surface area contributed by atoms with Gasteiger partial charge >= 0.3 is 0 Å². The molecule has 2 atom stereocenters. The average molecular weight is 247 g/mol. The highest BCUT2D eigenvalue weighted by Gasteiger charge is 2.22. The van der Waals surface area contributed by atoms with E-state index in [1.54, 1.807) is 4.68 Å². The van der Waals surface area contributed by atoms with Gasteiger partial charge in [-0.25, -0.2) is 9.67 Å². The Morgan fingerprint density at radius 3 is 3.28 bits per heavy atom. The van der Waals surface area contributed by atoms with Gasteiger partial charge in [-0.15, -0.1) is 5.10 Å². The number of fused-ring (bicyclic) bond motifs is 1. The van der Waals surface area contributed by atoms with Crippen LogP contribution < -0.4 is 5.56 Å². The molecule has 0 amide bonds. The molecule has 7 heteroatoms. The number of aliphatic hydroxyl groups excluding tert-OH is 1. The Labute approximate surface area is 102 Å². The topological polar surface area (TPSA) is 96.7 Å². The standard InChI is InChI=1S/C11H13N5O2/c17-5-7-2-1-3-8(4-7)16-10-9(14-15-16)11(18)13-6-12-10/h1,3,6-8,17H,2,4-5H2,(H,12,13,18). The molecule has 0 saturated heterocycles. The number of aromatic amines is 1. The van der Waals surface area contributed by atoms with E-state index in [1.165, 1.54) is 6.33 Å². The number of hydrogen-bond acceptors (Lipinski definition) is 5. The summed E-state index contributed by atoms with van der Waals surface area (Å²) in [6.45, 7) is 0.154. The van der Waals surface area contributed by atoms with Crippen LogP contribution in [0.25, 0.3) is 11.2 Å². The molecule has 1 aliphatic rings. The van der Waals surface area contributed by atoms with Gasteiger partial charge in [0.1, 0.15) is 0 Å². The number of nitrogens with one attached hydrogen (secondary N) is 1. The van der Waals surface area contributed by atoms with Gasteiger partial charge in [-0.05, 0) is 18.8 Å². The van der Waals surface area contributed by atoms with Crippen molar-refractivity contribution in [1.82, 2.24) is 25.0 Å². The molecule has 18 heavy (non-hydrogen) atoms. The lowest BCUT2D eigenvalue weighted by molar-refractivity contribution is 0.202. The Balaban J connectivity index is 2.05. The van der Waals surface area contributed by atoms with Gasteiger partial charge in [0.05, 0.1) is 12.4 Å². The van der Waals surface area contributed by atoms with Crippen molar-refractivity contribution in [3.63, 3.8) is 0 Å². The predicted octanol–water partition coefficient (Wildman–Crippen LogP) is 0.0142. The minimum atomic E-state index is -0.287. The van der Waals surface area contributed by atoms with Gasteiger partial charge in [-0.2, -0.15) is 0 Å². The van der Waals surface area contributed by atoms with Crippen LogP contribution in [0.1, 0.15) is 18.9 Å². The predicted molar refractivity (Wildman–Crippen MR) is 63.9 cm³/mol. The fraction of sp³-hybridized carbons (Fsp3) is 0.455. The summed E-state index contributed by atoms with van der Waals surface area (Å²) >= 11 is 0. The van der Waals surface area contributed by atoms with E-state index in [2.05, 4.69) is 20.3 Å². The minimum Gasteiger partial charge on any atom is -0.396 e. The molecule has 0 radical (unpaired) electrons. The van der Waals surface area contributed by atoms with E-state index in [0.717, 1.165) is 12.8 Å². The van der Waals surface area contributed by atoms with Gasteiger partial charge in [0.25, 0.3) is 5.56 Å². The smallest absolute Gasteiger partial charge is 0.280 e. The molecule has 0 bridgehead atoms. The maximum Gasteiger partial charge on any atom is 0.280 e. The van der Waals surface area contributed by atoms with Crippen LogP contribution in [0.2, 0.25) is 0 Å². The van der Waals surface area contributed by atoms with Gasteiger partial charge < -0.3 is 10.1 Å². The van der Waals surface area contributed by atoms with Crippen LogP contribution >= 0.6 is 0 Å². The molecule has 0 saturated carbocycles. The first kappa shape index (κ1) is 11.1. The summed E-state index contributed by atoms with van der Waals surface area (Å²) in [6, 6.07) is -0.00444. The second-order valence-electron chi connectivity index (χ2n) is 4.45. The van der Waals surface area contributed by atoms with Gasteiger partial charge in [-0.1, -0.05) is 17.4 Å².